The number of allylic oxidation sites excluding steroid dienone is 3. The highest BCUT2D eigenvalue weighted by molar-refractivity contribution is 5.62. The van der Waals surface area contributed by atoms with E-state index in [2.05, 4.69) is 0 Å². The number of hydrogen-bond donors (Lipinski definition) is 2. The summed E-state index contributed by atoms with van der Waals surface area (Å²) in [7, 11) is 0. The number of carboxylic acids is 1. The van der Waals surface area contributed by atoms with Crippen molar-refractivity contribution in [1.29, 1.82) is 0 Å². The van der Waals surface area contributed by atoms with Gasteiger partial charge in [0.2, 0.25) is 0 Å². The Labute approximate surface area is 66.7 Å². The van der Waals surface area contributed by atoms with E-state index in [1.54, 1.807) is 12.2 Å². The molecule has 0 aromatic heterocycles. The van der Waals surface area contributed by atoms with Gasteiger partial charge in [-0.3, -0.25) is 4.79 Å². The second-order valence-electron chi connectivity index (χ2n) is 1.70. The van der Waals surface area contributed by atoms with Gasteiger partial charge in [0.1, 0.15) is 0 Å². The lowest BCUT2D eigenvalue weighted by Crippen LogP contribution is -1.78. The first-order chi connectivity index (χ1) is 5.15. The molecule has 0 aromatic rings. The third kappa shape index (κ3) is 52.7. The highest BCUT2D eigenvalue weighted by atomic mass is 16.4. The number of rotatable bonds is 2. The third-order valence-corrected chi connectivity index (χ3v) is 0.569. The molecular formula is C8H14O3. The van der Waals surface area contributed by atoms with Crippen molar-refractivity contribution in [2.75, 3.05) is 0 Å². The van der Waals surface area contributed by atoms with Crippen LogP contribution in [0.2, 0.25) is 0 Å². The maximum Gasteiger partial charge on any atom is 0.300 e. The zero-order chi connectivity index (χ0) is 9.11. The molecule has 0 aliphatic heterocycles. The van der Waals surface area contributed by atoms with Crippen molar-refractivity contribution in [1.82, 2.24) is 0 Å². The molecule has 2 N–H and O–H groups in total. The first-order valence-electron chi connectivity index (χ1n) is 3.30. The van der Waals surface area contributed by atoms with Gasteiger partial charge in [-0.1, -0.05) is 19.1 Å². The maximum absolute atomic E-state index is 9.00. The fourth-order valence-electron chi connectivity index (χ4n) is 0.264. The van der Waals surface area contributed by atoms with Crippen molar-refractivity contribution < 1.29 is 15.0 Å². The summed E-state index contributed by atoms with van der Waals surface area (Å²) in [5, 5.41) is 15.5. The van der Waals surface area contributed by atoms with Crippen LogP contribution in [0.3, 0.4) is 0 Å². The Morgan fingerprint density at radius 2 is 1.91 bits per heavy atom. The summed E-state index contributed by atoms with van der Waals surface area (Å²) in [6.45, 7) is 3.13. The highest BCUT2D eigenvalue weighted by Gasteiger charge is 1.65. The van der Waals surface area contributed by atoms with Crippen LogP contribution in [0.4, 0.5) is 0 Å². The Kier molecular flexibility index (Phi) is 13.0. The molecule has 11 heavy (non-hydrogen) atoms. The van der Waals surface area contributed by atoms with Crippen molar-refractivity contribution in [3.63, 3.8) is 0 Å². The smallest absolute Gasteiger partial charge is 0.300 e. The van der Waals surface area contributed by atoms with Crippen molar-refractivity contribution >= 4 is 5.97 Å². The first-order valence-corrected chi connectivity index (χ1v) is 3.30. The lowest BCUT2D eigenvalue weighted by atomic mass is 10.4. The molecule has 0 fully saturated rings. The lowest BCUT2D eigenvalue weighted by molar-refractivity contribution is -0.134. The number of aliphatic carboxylic acids is 1. The zero-order valence-corrected chi connectivity index (χ0v) is 6.82. The summed E-state index contributed by atoms with van der Waals surface area (Å²) in [5.41, 5.74) is 0. The molecule has 0 aromatic carbocycles. The number of aliphatic hydroxyl groups is 1. The number of carboxylic acid groups (broad SMARTS) is 1. The van der Waals surface area contributed by atoms with E-state index in [0.717, 1.165) is 19.6 Å². The van der Waals surface area contributed by atoms with Gasteiger partial charge in [0.25, 0.3) is 5.97 Å². The average Bonchev–Trinajstić information content (AvgIpc) is 1.88. The summed E-state index contributed by atoms with van der Waals surface area (Å²) in [6, 6.07) is 0. The van der Waals surface area contributed by atoms with Crippen molar-refractivity contribution in [2.45, 2.75) is 20.3 Å². The average molecular weight is 158 g/mol. The second-order valence-corrected chi connectivity index (χ2v) is 1.70. The van der Waals surface area contributed by atoms with Crippen LogP contribution in [0.1, 0.15) is 20.3 Å². The zero-order valence-electron chi connectivity index (χ0n) is 6.82. The van der Waals surface area contributed by atoms with E-state index < -0.39 is 5.97 Å². The van der Waals surface area contributed by atoms with Gasteiger partial charge in [-0.15, -0.1) is 0 Å². The molecule has 64 valence electrons. The van der Waals surface area contributed by atoms with Crippen LogP contribution in [-0.4, -0.2) is 16.2 Å². The number of aliphatic hydroxyl groups excluding tert-OH is 1. The van der Waals surface area contributed by atoms with Crippen LogP contribution in [0.15, 0.2) is 24.5 Å². The highest BCUT2D eigenvalue weighted by Crippen LogP contribution is 1.78. The molecule has 0 bridgehead atoms. The van der Waals surface area contributed by atoms with E-state index in [1.165, 1.54) is 0 Å². The maximum atomic E-state index is 9.00. The van der Waals surface area contributed by atoms with Crippen LogP contribution in [0, 0.1) is 0 Å². The summed E-state index contributed by atoms with van der Waals surface area (Å²) >= 11 is 0. The Hall–Kier alpha value is -1.25. The van der Waals surface area contributed by atoms with Crippen LogP contribution in [0.25, 0.3) is 0 Å². The molecule has 3 heteroatoms. The minimum absolute atomic E-state index is 0.833. The fourth-order valence-corrected chi connectivity index (χ4v) is 0.264. The summed E-state index contributed by atoms with van der Waals surface area (Å²) in [5.74, 6) is -0.833. The van der Waals surface area contributed by atoms with Gasteiger partial charge < -0.3 is 10.2 Å². The molecule has 0 radical (unpaired) electrons. The largest absolute Gasteiger partial charge is 0.516 e. The third-order valence-electron chi connectivity index (χ3n) is 0.569. The molecular weight excluding hydrogens is 144 g/mol. The Morgan fingerprint density at radius 3 is 2.18 bits per heavy atom. The van der Waals surface area contributed by atoms with Crippen molar-refractivity contribution in [3.05, 3.63) is 24.5 Å². The molecule has 0 saturated heterocycles. The van der Waals surface area contributed by atoms with Gasteiger partial charge in [-0.2, -0.15) is 0 Å². The lowest BCUT2D eigenvalue weighted by Gasteiger charge is -1.70. The second kappa shape index (κ2) is 11.5. The van der Waals surface area contributed by atoms with E-state index in [0.29, 0.717) is 0 Å². The normalized spacial score (nSPS) is 9.64. The molecule has 0 atom stereocenters. The number of carbonyl (C=O) groups is 1. The number of hydrogen-bond acceptors (Lipinski definition) is 2. The van der Waals surface area contributed by atoms with Crippen LogP contribution < -0.4 is 0 Å². The van der Waals surface area contributed by atoms with Crippen LogP contribution in [0.5, 0.6) is 0 Å². The molecule has 3 nitrogen and oxygen atoms in total. The first kappa shape index (κ1) is 12.4. The van der Waals surface area contributed by atoms with E-state index in [1.807, 2.05) is 13.0 Å². The minimum Gasteiger partial charge on any atom is -0.516 e. The van der Waals surface area contributed by atoms with E-state index in [-0.39, 0.29) is 0 Å². The Bertz CT molecular complexity index is 132. The van der Waals surface area contributed by atoms with Gasteiger partial charge in [-0.25, -0.2) is 0 Å². The van der Waals surface area contributed by atoms with E-state index >= 15 is 0 Å². The van der Waals surface area contributed by atoms with E-state index in [4.69, 9.17) is 15.0 Å². The monoisotopic (exact) mass is 158 g/mol. The molecule has 0 heterocycles. The fraction of sp³-hybridized carbons (Fsp3) is 0.375. The van der Waals surface area contributed by atoms with Gasteiger partial charge in [0.05, 0.1) is 6.26 Å². The van der Waals surface area contributed by atoms with Gasteiger partial charge >= 0.3 is 0 Å². The van der Waals surface area contributed by atoms with E-state index in [9.17, 15) is 0 Å². The molecule has 0 amide bonds. The minimum atomic E-state index is -0.833. The molecule has 0 aliphatic rings. The van der Waals surface area contributed by atoms with Crippen LogP contribution >= 0.6 is 0 Å². The summed E-state index contributed by atoms with van der Waals surface area (Å²) in [6.07, 6.45) is 7.40. The van der Waals surface area contributed by atoms with Gasteiger partial charge in [0.15, 0.2) is 0 Å². The molecule has 0 unspecified atom stereocenters. The standard InChI is InChI=1S/C6H10O.C2H4O2/c1-2-3-4-5-6-7;1-2(3)4/h3-7H,2H2,1H3;1H3,(H,3,4). The SMILES string of the molecule is CC(=O)O.CCC=CC=CO. The topological polar surface area (TPSA) is 57.5 Å². The van der Waals surface area contributed by atoms with Crippen LogP contribution in [-0.2, 0) is 4.79 Å². The quantitative estimate of drug-likeness (QED) is 0.478. The molecule has 0 aliphatic carbocycles. The molecule has 0 saturated carbocycles. The Balaban J connectivity index is 0. The molecule has 0 rings (SSSR count). The summed E-state index contributed by atoms with van der Waals surface area (Å²) in [4.78, 5) is 9.00. The predicted octanol–water partition coefficient (Wildman–Crippen LogP) is 2.12. The summed E-state index contributed by atoms with van der Waals surface area (Å²) < 4.78 is 0. The van der Waals surface area contributed by atoms with Gasteiger partial charge in [0, 0.05) is 6.92 Å². The Morgan fingerprint density at radius 1 is 1.45 bits per heavy atom. The van der Waals surface area contributed by atoms with Gasteiger partial charge in [-0.05, 0) is 12.5 Å². The predicted molar refractivity (Wildman–Crippen MR) is 44.5 cm³/mol. The van der Waals surface area contributed by atoms with Crippen molar-refractivity contribution in [3.8, 4) is 0 Å². The van der Waals surface area contributed by atoms with Crippen molar-refractivity contribution in [2.24, 2.45) is 0 Å². The molecule has 0 spiro atoms.